The second kappa shape index (κ2) is 7.66. The highest BCUT2D eigenvalue weighted by Crippen LogP contribution is 2.54. The summed E-state index contributed by atoms with van der Waals surface area (Å²) in [6, 6.07) is 10.7. The van der Waals surface area contributed by atoms with E-state index in [0.717, 1.165) is 0 Å². The summed E-state index contributed by atoms with van der Waals surface area (Å²) in [5.74, 6) is -0.762. The standard InChI is InChI=1S/C21H19N3O5S/c1-12-21(2,17(25)20(27)29-15-8-6-13(23-28)7-9-15)30-19-16(18(26)24(12)19)11-14-5-3-4-10-22-14/h3-12,17,19,25H,1-2H3/b16-11-/t12-,17?,19?,21?/m0/s1. The molecule has 2 aliphatic rings. The first-order valence-corrected chi connectivity index (χ1v) is 10.2. The molecule has 4 rings (SSSR count). The van der Waals surface area contributed by atoms with Gasteiger partial charge >= 0.3 is 5.97 Å². The van der Waals surface area contributed by atoms with E-state index in [1.54, 1.807) is 30.2 Å². The minimum absolute atomic E-state index is 0.133. The molecule has 3 heterocycles. The number of aliphatic hydroxyl groups is 1. The van der Waals surface area contributed by atoms with E-state index in [-0.39, 0.29) is 28.8 Å². The van der Waals surface area contributed by atoms with Gasteiger partial charge in [-0.2, -0.15) is 0 Å². The molecule has 1 N–H and O–H groups in total. The SMILES string of the molecule is C[C@@H]1N2C(=O)/C(=C/c3ccccn3)C2SC1(C)C(O)C(=O)Oc1ccc(N=O)cc1. The summed E-state index contributed by atoms with van der Waals surface area (Å²) in [7, 11) is 0. The fourth-order valence-corrected chi connectivity index (χ4v) is 5.29. The molecule has 9 heteroatoms. The van der Waals surface area contributed by atoms with Crippen molar-refractivity contribution in [1.82, 2.24) is 9.88 Å². The van der Waals surface area contributed by atoms with Crippen LogP contribution in [0.4, 0.5) is 5.69 Å². The fourth-order valence-electron chi connectivity index (χ4n) is 3.59. The third-order valence-electron chi connectivity index (χ3n) is 5.53. The number of aromatic nitrogens is 1. The van der Waals surface area contributed by atoms with Crippen LogP contribution in [0.1, 0.15) is 19.5 Å². The van der Waals surface area contributed by atoms with Crippen molar-refractivity contribution in [2.75, 3.05) is 0 Å². The van der Waals surface area contributed by atoms with Crippen LogP contribution in [0.25, 0.3) is 6.08 Å². The van der Waals surface area contributed by atoms with Crippen molar-refractivity contribution in [1.29, 1.82) is 0 Å². The predicted molar refractivity (Wildman–Crippen MR) is 112 cm³/mol. The van der Waals surface area contributed by atoms with E-state index in [0.29, 0.717) is 11.3 Å². The number of ether oxygens (including phenoxy) is 1. The zero-order valence-corrected chi connectivity index (χ0v) is 17.1. The summed E-state index contributed by atoms with van der Waals surface area (Å²) >= 11 is 1.36. The molecule has 1 aromatic carbocycles. The van der Waals surface area contributed by atoms with Crippen LogP contribution in [-0.2, 0) is 9.59 Å². The van der Waals surface area contributed by atoms with Crippen molar-refractivity contribution >= 4 is 35.4 Å². The summed E-state index contributed by atoms with van der Waals surface area (Å²) in [5, 5.41) is 13.3. The number of fused-ring (bicyclic) bond motifs is 1. The summed E-state index contributed by atoms with van der Waals surface area (Å²) in [6.45, 7) is 3.56. The van der Waals surface area contributed by atoms with Gasteiger partial charge in [0.25, 0.3) is 5.91 Å². The van der Waals surface area contributed by atoms with Gasteiger partial charge in [-0.3, -0.25) is 9.78 Å². The first-order chi connectivity index (χ1) is 14.3. The molecule has 0 bridgehead atoms. The Bertz CT molecular complexity index is 1030. The van der Waals surface area contributed by atoms with E-state index in [9.17, 15) is 19.6 Å². The van der Waals surface area contributed by atoms with Gasteiger partial charge in [0.05, 0.1) is 16.0 Å². The number of amides is 1. The van der Waals surface area contributed by atoms with Crippen LogP contribution in [0.3, 0.4) is 0 Å². The number of hydrogen-bond donors (Lipinski definition) is 1. The molecular weight excluding hydrogens is 406 g/mol. The lowest BCUT2D eigenvalue weighted by Gasteiger charge is -2.40. The maximum atomic E-state index is 12.7. The summed E-state index contributed by atoms with van der Waals surface area (Å²) < 4.78 is 4.31. The van der Waals surface area contributed by atoms with Crippen molar-refractivity contribution in [3.8, 4) is 5.75 Å². The van der Waals surface area contributed by atoms with Crippen LogP contribution in [0.15, 0.2) is 59.4 Å². The maximum absolute atomic E-state index is 12.7. The molecule has 30 heavy (non-hydrogen) atoms. The number of β-lactam (4-membered cyclic amide) rings is 1. The number of rotatable bonds is 5. The Hall–Kier alpha value is -3.04. The van der Waals surface area contributed by atoms with E-state index in [2.05, 4.69) is 10.2 Å². The van der Waals surface area contributed by atoms with Crippen LogP contribution in [0.5, 0.6) is 5.75 Å². The van der Waals surface area contributed by atoms with Gasteiger partial charge in [0.2, 0.25) is 0 Å². The van der Waals surface area contributed by atoms with Crippen LogP contribution in [0, 0.1) is 4.91 Å². The fraction of sp³-hybridized carbons (Fsp3) is 0.286. The van der Waals surface area contributed by atoms with Gasteiger partial charge < -0.3 is 14.7 Å². The van der Waals surface area contributed by atoms with E-state index in [1.165, 1.54) is 36.0 Å². The van der Waals surface area contributed by atoms with Gasteiger partial charge in [0.1, 0.15) is 16.8 Å². The number of aliphatic hydroxyl groups excluding tert-OH is 1. The largest absolute Gasteiger partial charge is 0.425 e. The number of pyridine rings is 1. The summed E-state index contributed by atoms with van der Waals surface area (Å²) in [6.07, 6.45) is 1.93. The minimum Gasteiger partial charge on any atom is -0.425 e. The Labute approximate surface area is 176 Å². The van der Waals surface area contributed by atoms with E-state index in [4.69, 9.17) is 4.74 Å². The van der Waals surface area contributed by atoms with Crippen molar-refractivity contribution in [2.24, 2.45) is 5.18 Å². The molecule has 4 atom stereocenters. The molecule has 8 nitrogen and oxygen atoms in total. The highest BCUT2D eigenvalue weighted by molar-refractivity contribution is 8.02. The number of thioether (sulfide) groups is 1. The second-order valence-electron chi connectivity index (χ2n) is 7.31. The van der Waals surface area contributed by atoms with Gasteiger partial charge in [-0.1, -0.05) is 6.07 Å². The second-order valence-corrected chi connectivity index (χ2v) is 8.87. The smallest absolute Gasteiger partial charge is 0.341 e. The molecule has 0 radical (unpaired) electrons. The zero-order chi connectivity index (χ0) is 21.5. The van der Waals surface area contributed by atoms with Gasteiger partial charge in [0, 0.05) is 12.2 Å². The van der Waals surface area contributed by atoms with Gasteiger partial charge in [-0.15, -0.1) is 16.7 Å². The molecular formula is C21H19N3O5S. The average Bonchev–Trinajstić information content (AvgIpc) is 3.01. The van der Waals surface area contributed by atoms with E-state index in [1.807, 2.05) is 19.1 Å². The molecule has 154 valence electrons. The van der Waals surface area contributed by atoms with Crippen LogP contribution in [-0.4, -0.2) is 49.1 Å². The first kappa shape index (κ1) is 20.2. The molecule has 1 aromatic heterocycles. The molecule has 0 aliphatic carbocycles. The molecule has 2 aromatic rings. The Morgan fingerprint density at radius 3 is 2.70 bits per heavy atom. The number of esters is 1. The molecule has 0 spiro atoms. The van der Waals surface area contributed by atoms with Crippen LogP contribution < -0.4 is 4.74 Å². The maximum Gasteiger partial charge on any atom is 0.341 e. The van der Waals surface area contributed by atoms with Gasteiger partial charge in [0.15, 0.2) is 6.10 Å². The molecule has 2 saturated heterocycles. The van der Waals surface area contributed by atoms with E-state index >= 15 is 0 Å². The Kier molecular flexibility index (Phi) is 5.17. The zero-order valence-electron chi connectivity index (χ0n) is 16.3. The number of nitroso groups, excluding NO2 is 1. The monoisotopic (exact) mass is 425 g/mol. The first-order valence-electron chi connectivity index (χ1n) is 9.31. The summed E-state index contributed by atoms with van der Waals surface area (Å²) in [4.78, 5) is 41.7. The Morgan fingerprint density at radius 2 is 2.07 bits per heavy atom. The number of hydrogen-bond acceptors (Lipinski definition) is 8. The predicted octanol–water partition coefficient (Wildman–Crippen LogP) is 2.89. The molecule has 1 amide bonds. The topological polar surface area (TPSA) is 109 Å². The van der Waals surface area contributed by atoms with Crippen molar-refractivity contribution in [3.05, 3.63) is 64.8 Å². The lowest BCUT2D eigenvalue weighted by molar-refractivity contribution is -0.148. The average molecular weight is 425 g/mol. The highest BCUT2D eigenvalue weighted by Gasteiger charge is 2.62. The van der Waals surface area contributed by atoms with Crippen molar-refractivity contribution in [3.63, 3.8) is 0 Å². The Morgan fingerprint density at radius 1 is 1.33 bits per heavy atom. The Balaban J connectivity index is 1.51. The van der Waals surface area contributed by atoms with Crippen molar-refractivity contribution in [2.45, 2.75) is 36.1 Å². The number of benzene rings is 1. The van der Waals surface area contributed by atoms with Crippen LogP contribution >= 0.6 is 11.8 Å². The number of nitrogens with zero attached hydrogens (tertiary/aromatic N) is 3. The molecule has 2 aliphatic heterocycles. The molecule has 3 unspecified atom stereocenters. The highest BCUT2D eigenvalue weighted by atomic mass is 32.2. The quantitative estimate of drug-likeness (QED) is 0.258. The number of carbonyl (C=O) groups excluding carboxylic acids is 2. The number of carbonyl (C=O) groups is 2. The normalized spacial score (nSPS) is 27.4. The van der Waals surface area contributed by atoms with E-state index < -0.39 is 16.8 Å². The van der Waals surface area contributed by atoms with Gasteiger partial charge in [-0.25, -0.2) is 4.79 Å². The third kappa shape index (κ3) is 3.29. The summed E-state index contributed by atoms with van der Waals surface area (Å²) in [5.41, 5.74) is 1.47. The van der Waals surface area contributed by atoms with Gasteiger partial charge in [-0.05, 0) is 61.5 Å². The lowest BCUT2D eigenvalue weighted by Crippen LogP contribution is -2.57. The van der Waals surface area contributed by atoms with Crippen molar-refractivity contribution < 1.29 is 19.4 Å². The third-order valence-corrected chi connectivity index (χ3v) is 7.31. The lowest BCUT2D eigenvalue weighted by atomic mass is 9.91. The minimum atomic E-state index is -1.46. The van der Waals surface area contributed by atoms with Crippen LogP contribution in [0.2, 0.25) is 0 Å². The molecule has 0 saturated carbocycles. The molecule has 2 fully saturated rings.